The lowest BCUT2D eigenvalue weighted by Crippen LogP contribution is -2.30. The summed E-state index contributed by atoms with van der Waals surface area (Å²) in [7, 11) is -3.70. The normalized spacial score (nSPS) is 12.4. The number of anilines is 2. The van der Waals surface area contributed by atoms with Gasteiger partial charge in [-0.2, -0.15) is 18.3 Å². The summed E-state index contributed by atoms with van der Waals surface area (Å²) in [6, 6.07) is 14.5. The van der Waals surface area contributed by atoms with Gasteiger partial charge in [-0.1, -0.05) is 30.3 Å². The van der Waals surface area contributed by atoms with Crippen LogP contribution < -0.4 is 10.0 Å². The first-order chi connectivity index (χ1) is 16.0. The fraction of sp³-hybridized carbons (Fsp3) is 0.227. The maximum Gasteiger partial charge on any atom is 0.451 e. The molecule has 0 aliphatic carbocycles. The van der Waals surface area contributed by atoms with Crippen LogP contribution in [0.15, 0.2) is 65.7 Å². The van der Waals surface area contributed by atoms with Crippen molar-refractivity contribution in [2.45, 2.75) is 37.5 Å². The number of hydrogen-bond acceptors (Lipinski definition) is 6. The summed E-state index contributed by atoms with van der Waals surface area (Å²) in [5.74, 6) is -1.40. The number of benzene rings is 2. The molecular weight excluding hydrogens is 469 g/mol. The van der Waals surface area contributed by atoms with Gasteiger partial charge in [-0.15, -0.1) is 0 Å². The highest BCUT2D eigenvalue weighted by atomic mass is 32.2. The Kier molecular flexibility index (Phi) is 6.28. The Morgan fingerprint density at radius 1 is 1.00 bits per heavy atom. The number of halogens is 3. The van der Waals surface area contributed by atoms with E-state index in [2.05, 4.69) is 25.1 Å². The van der Waals surface area contributed by atoms with E-state index < -0.39 is 22.0 Å². The number of nitrogens with zero attached hydrogens (tertiary/aromatic N) is 4. The lowest BCUT2D eigenvalue weighted by molar-refractivity contribution is -0.144. The molecule has 4 aromatic rings. The average Bonchev–Trinajstić information content (AvgIpc) is 3.16. The van der Waals surface area contributed by atoms with E-state index in [1.807, 2.05) is 30.3 Å². The van der Waals surface area contributed by atoms with Crippen LogP contribution in [0.4, 0.5) is 24.7 Å². The molecule has 34 heavy (non-hydrogen) atoms. The smallest absolute Gasteiger partial charge is 0.340 e. The largest absolute Gasteiger partial charge is 0.451 e. The summed E-state index contributed by atoms with van der Waals surface area (Å²) in [6.07, 6.45) is -3.38. The number of fused-ring (bicyclic) bond motifs is 1. The summed E-state index contributed by atoms with van der Waals surface area (Å²) in [4.78, 5) is 7.42. The van der Waals surface area contributed by atoms with Crippen molar-refractivity contribution >= 4 is 32.6 Å². The fourth-order valence-electron chi connectivity index (χ4n) is 3.28. The molecule has 0 amide bonds. The van der Waals surface area contributed by atoms with Crippen LogP contribution in [-0.2, 0) is 22.7 Å². The third-order valence-corrected chi connectivity index (χ3v) is 6.42. The van der Waals surface area contributed by atoms with Crippen LogP contribution in [0.1, 0.15) is 25.2 Å². The van der Waals surface area contributed by atoms with Gasteiger partial charge in [-0.05, 0) is 43.7 Å². The Labute approximate surface area is 193 Å². The molecule has 2 N–H and O–H groups in total. The third kappa shape index (κ3) is 5.18. The van der Waals surface area contributed by atoms with Crippen LogP contribution in [0, 0.1) is 0 Å². The first-order valence-electron chi connectivity index (χ1n) is 10.3. The quantitative estimate of drug-likeness (QED) is 0.400. The molecule has 0 unspecified atom stereocenters. The fourth-order valence-corrected chi connectivity index (χ4v) is 4.53. The molecule has 0 aliphatic rings. The van der Waals surface area contributed by atoms with Crippen LogP contribution in [0.5, 0.6) is 0 Å². The number of nitrogens with one attached hydrogen (secondary N) is 2. The number of aromatic nitrogens is 4. The molecule has 0 spiro atoms. The molecule has 178 valence electrons. The van der Waals surface area contributed by atoms with E-state index in [0.717, 1.165) is 5.56 Å². The maximum absolute atomic E-state index is 13.5. The summed E-state index contributed by atoms with van der Waals surface area (Å²) in [6.45, 7) is 3.63. The second-order valence-electron chi connectivity index (χ2n) is 7.84. The van der Waals surface area contributed by atoms with Gasteiger partial charge in [0.25, 0.3) is 0 Å². The van der Waals surface area contributed by atoms with E-state index in [-0.39, 0.29) is 28.9 Å². The predicted octanol–water partition coefficient (Wildman–Crippen LogP) is 4.32. The molecule has 4 rings (SSSR count). The Hall–Kier alpha value is -3.51. The maximum atomic E-state index is 13.5. The zero-order chi connectivity index (χ0) is 24.5. The molecule has 0 radical (unpaired) electrons. The van der Waals surface area contributed by atoms with Crippen molar-refractivity contribution in [3.63, 3.8) is 0 Å². The van der Waals surface area contributed by atoms with Crippen LogP contribution in [0.3, 0.4) is 0 Å². The van der Waals surface area contributed by atoms with Crippen LogP contribution in [0.25, 0.3) is 11.0 Å². The molecule has 2 heterocycles. The first kappa shape index (κ1) is 23.6. The zero-order valence-electron chi connectivity index (χ0n) is 18.2. The standard InChI is InChI=1S/C22H21F3N6O2S/c1-14(2)30-34(32,33)17-10-8-16(9-11-17)27-19-18-12-26-31(13-15-6-4-3-5-7-15)20(18)29-21(28-19)22(23,24)25/h3-12,14,30H,13H2,1-2H3,(H,27,28,29). The molecule has 0 saturated carbocycles. The zero-order valence-corrected chi connectivity index (χ0v) is 19.0. The molecule has 12 heteroatoms. The summed E-state index contributed by atoms with van der Waals surface area (Å²) in [5.41, 5.74) is 1.22. The summed E-state index contributed by atoms with van der Waals surface area (Å²) in [5, 5.41) is 7.34. The van der Waals surface area contributed by atoms with Crippen LogP contribution >= 0.6 is 0 Å². The molecule has 0 aliphatic heterocycles. The third-order valence-electron chi connectivity index (χ3n) is 4.74. The van der Waals surface area contributed by atoms with Gasteiger partial charge in [0, 0.05) is 11.7 Å². The lowest BCUT2D eigenvalue weighted by atomic mass is 10.2. The molecule has 8 nitrogen and oxygen atoms in total. The van der Waals surface area contributed by atoms with Crippen molar-refractivity contribution in [2.75, 3.05) is 5.32 Å². The van der Waals surface area contributed by atoms with Gasteiger partial charge < -0.3 is 5.32 Å². The number of sulfonamides is 1. The average molecular weight is 491 g/mol. The van der Waals surface area contributed by atoms with E-state index in [4.69, 9.17) is 0 Å². The van der Waals surface area contributed by atoms with Gasteiger partial charge >= 0.3 is 6.18 Å². The summed E-state index contributed by atoms with van der Waals surface area (Å²) < 4.78 is 69.1. The molecule has 0 bridgehead atoms. The second kappa shape index (κ2) is 9.03. The minimum atomic E-state index is -4.77. The van der Waals surface area contributed by atoms with Crippen molar-refractivity contribution in [2.24, 2.45) is 0 Å². The highest BCUT2D eigenvalue weighted by molar-refractivity contribution is 7.89. The second-order valence-corrected chi connectivity index (χ2v) is 9.56. The van der Waals surface area contributed by atoms with E-state index >= 15 is 0 Å². The summed E-state index contributed by atoms with van der Waals surface area (Å²) >= 11 is 0. The van der Waals surface area contributed by atoms with Gasteiger partial charge in [0.15, 0.2) is 5.65 Å². The van der Waals surface area contributed by atoms with Crippen molar-refractivity contribution in [3.8, 4) is 0 Å². The molecule has 0 saturated heterocycles. The number of rotatable bonds is 7. The minimum Gasteiger partial charge on any atom is -0.340 e. The first-order valence-corrected chi connectivity index (χ1v) is 11.8. The predicted molar refractivity (Wildman–Crippen MR) is 121 cm³/mol. The Balaban J connectivity index is 1.71. The van der Waals surface area contributed by atoms with Gasteiger partial charge in [0.2, 0.25) is 15.8 Å². The van der Waals surface area contributed by atoms with E-state index in [9.17, 15) is 21.6 Å². The van der Waals surface area contributed by atoms with Crippen molar-refractivity contribution in [1.29, 1.82) is 0 Å². The van der Waals surface area contributed by atoms with Gasteiger partial charge in [-0.25, -0.2) is 27.8 Å². The van der Waals surface area contributed by atoms with Crippen molar-refractivity contribution in [1.82, 2.24) is 24.5 Å². The topological polar surface area (TPSA) is 102 Å². The highest BCUT2D eigenvalue weighted by Crippen LogP contribution is 2.32. The minimum absolute atomic E-state index is 0.0222. The Morgan fingerprint density at radius 2 is 1.68 bits per heavy atom. The SMILES string of the molecule is CC(C)NS(=O)(=O)c1ccc(Nc2nc(C(F)(F)F)nc3c2cnn3Cc2ccccc2)cc1. The molecule has 0 atom stereocenters. The van der Waals surface area contributed by atoms with Crippen molar-refractivity contribution < 1.29 is 21.6 Å². The van der Waals surface area contributed by atoms with Gasteiger partial charge in [0.1, 0.15) is 5.82 Å². The number of hydrogen-bond donors (Lipinski definition) is 2. The van der Waals surface area contributed by atoms with E-state index in [1.165, 1.54) is 35.1 Å². The molecular formula is C22H21F3N6O2S. The lowest BCUT2D eigenvalue weighted by Gasteiger charge is -2.13. The molecule has 2 aromatic heterocycles. The monoisotopic (exact) mass is 490 g/mol. The number of alkyl halides is 3. The van der Waals surface area contributed by atoms with Crippen LogP contribution in [-0.4, -0.2) is 34.2 Å². The molecule has 0 fully saturated rings. The van der Waals surface area contributed by atoms with E-state index in [0.29, 0.717) is 11.1 Å². The van der Waals surface area contributed by atoms with E-state index in [1.54, 1.807) is 13.8 Å². The molecule has 2 aromatic carbocycles. The van der Waals surface area contributed by atoms with Crippen LogP contribution in [0.2, 0.25) is 0 Å². The van der Waals surface area contributed by atoms with Crippen molar-refractivity contribution in [3.05, 3.63) is 72.2 Å². The Bertz CT molecular complexity index is 1400. The highest BCUT2D eigenvalue weighted by Gasteiger charge is 2.36. The van der Waals surface area contributed by atoms with Gasteiger partial charge in [0.05, 0.1) is 23.0 Å². The Morgan fingerprint density at radius 3 is 2.29 bits per heavy atom. The van der Waals surface area contributed by atoms with Gasteiger partial charge in [-0.3, -0.25) is 0 Å².